The van der Waals surface area contributed by atoms with Crippen molar-refractivity contribution in [2.75, 3.05) is 32.2 Å². The summed E-state index contributed by atoms with van der Waals surface area (Å²) in [4.78, 5) is 10.4. The van der Waals surface area contributed by atoms with E-state index in [1.807, 2.05) is 0 Å². The SMILES string of the molecule is CCCNc1ccc([N+](=O)[O-])cc1COCCCOC. The number of nitrogens with one attached hydrogen (secondary N) is 1. The van der Waals surface area contributed by atoms with Gasteiger partial charge < -0.3 is 14.8 Å². The second kappa shape index (κ2) is 9.28. The Kier molecular flexibility index (Phi) is 7.60. The Hall–Kier alpha value is -1.66. The van der Waals surface area contributed by atoms with Crippen molar-refractivity contribution in [1.82, 2.24) is 0 Å². The van der Waals surface area contributed by atoms with E-state index in [4.69, 9.17) is 9.47 Å². The van der Waals surface area contributed by atoms with Gasteiger partial charge in [-0.25, -0.2) is 0 Å². The lowest BCUT2D eigenvalue weighted by molar-refractivity contribution is -0.384. The van der Waals surface area contributed by atoms with Crippen LogP contribution in [0.4, 0.5) is 11.4 Å². The number of hydrogen-bond acceptors (Lipinski definition) is 5. The number of rotatable bonds is 10. The number of nitro groups is 1. The summed E-state index contributed by atoms with van der Waals surface area (Å²) in [6.07, 6.45) is 1.80. The van der Waals surface area contributed by atoms with Crippen molar-refractivity contribution in [1.29, 1.82) is 0 Å². The van der Waals surface area contributed by atoms with Crippen LogP contribution in [0.25, 0.3) is 0 Å². The minimum Gasteiger partial charge on any atom is -0.385 e. The predicted molar refractivity (Wildman–Crippen MR) is 78.0 cm³/mol. The van der Waals surface area contributed by atoms with Crippen molar-refractivity contribution in [3.05, 3.63) is 33.9 Å². The Bertz CT molecular complexity index is 424. The zero-order chi connectivity index (χ0) is 14.8. The van der Waals surface area contributed by atoms with Crippen molar-refractivity contribution in [2.24, 2.45) is 0 Å². The molecule has 20 heavy (non-hydrogen) atoms. The molecule has 0 bridgehead atoms. The zero-order valence-electron chi connectivity index (χ0n) is 12.1. The third-order valence-electron chi connectivity index (χ3n) is 2.76. The van der Waals surface area contributed by atoms with E-state index in [1.165, 1.54) is 6.07 Å². The highest BCUT2D eigenvalue weighted by Gasteiger charge is 2.10. The topological polar surface area (TPSA) is 73.6 Å². The molecule has 0 radical (unpaired) electrons. The molecule has 0 aliphatic rings. The molecule has 6 nitrogen and oxygen atoms in total. The van der Waals surface area contributed by atoms with Crippen LogP contribution in [0.5, 0.6) is 0 Å². The summed E-state index contributed by atoms with van der Waals surface area (Å²) < 4.78 is 10.5. The van der Waals surface area contributed by atoms with Gasteiger partial charge in [0.1, 0.15) is 0 Å². The van der Waals surface area contributed by atoms with Crippen LogP contribution in [-0.4, -0.2) is 31.8 Å². The lowest BCUT2D eigenvalue weighted by atomic mass is 10.1. The second-order valence-electron chi connectivity index (χ2n) is 4.42. The van der Waals surface area contributed by atoms with Crippen molar-refractivity contribution >= 4 is 11.4 Å². The molecule has 0 heterocycles. The van der Waals surface area contributed by atoms with E-state index in [0.29, 0.717) is 19.8 Å². The van der Waals surface area contributed by atoms with Crippen molar-refractivity contribution in [3.63, 3.8) is 0 Å². The first-order chi connectivity index (χ1) is 9.69. The molecule has 112 valence electrons. The number of nitro benzene ring substituents is 1. The maximum Gasteiger partial charge on any atom is 0.269 e. The van der Waals surface area contributed by atoms with E-state index in [9.17, 15) is 10.1 Å². The normalized spacial score (nSPS) is 10.5. The van der Waals surface area contributed by atoms with Gasteiger partial charge in [-0.2, -0.15) is 0 Å². The van der Waals surface area contributed by atoms with E-state index in [-0.39, 0.29) is 5.69 Å². The molecule has 0 saturated carbocycles. The number of methoxy groups -OCH3 is 1. The number of hydrogen-bond donors (Lipinski definition) is 1. The zero-order valence-corrected chi connectivity index (χ0v) is 12.1. The largest absolute Gasteiger partial charge is 0.385 e. The molecule has 1 aromatic carbocycles. The number of anilines is 1. The van der Waals surface area contributed by atoms with E-state index < -0.39 is 4.92 Å². The molecule has 0 aliphatic heterocycles. The van der Waals surface area contributed by atoms with Crippen LogP contribution in [0.2, 0.25) is 0 Å². The third-order valence-corrected chi connectivity index (χ3v) is 2.76. The molecule has 0 saturated heterocycles. The fourth-order valence-electron chi connectivity index (χ4n) is 1.73. The standard InChI is InChI=1S/C14H22N2O4/c1-3-7-15-14-6-5-13(16(17)18)10-12(14)11-20-9-4-8-19-2/h5-6,10,15H,3-4,7-9,11H2,1-2H3. The Morgan fingerprint density at radius 3 is 2.80 bits per heavy atom. The highest BCUT2D eigenvalue weighted by Crippen LogP contribution is 2.23. The highest BCUT2D eigenvalue weighted by atomic mass is 16.6. The molecule has 0 amide bonds. The van der Waals surface area contributed by atoms with Crippen LogP contribution in [0.3, 0.4) is 0 Å². The lowest BCUT2D eigenvalue weighted by Crippen LogP contribution is -2.06. The van der Waals surface area contributed by atoms with Crippen molar-refractivity contribution in [2.45, 2.75) is 26.4 Å². The first-order valence-electron chi connectivity index (χ1n) is 6.77. The molecule has 1 N–H and O–H groups in total. The van der Waals surface area contributed by atoms with Crippen LogP contribution >= 0.6 is 0 Å². The first-order valence-corrected chi connectivity index (χ1v) is 6.77. The fourth-order valence-corrected chi connectivity index (χ4v) is 1.73. The molecule has 1 aromatic rings. The van der Waals surface area contributed by atoms with Gasteiger partial charge in [0.15, 0.2) is 0 Å². The van der Waals surface area contributed by atoms with Crippen LogP contribution in [0, 0.1) is 10.1 Å². The van der Waals surface area contributed by atoms with Crippen LogP contribution < -0.4 is 5.32 Å². The summed E-state index contributed by atoms with van der Waals surface area (Å²) in [6, 6.07) is 4.81. The third kappa shape index (κ3) is 5.54. The Morgan fingerprint density at radius 2 is 2.15 bits per heavy atom. The smallest absolute Gasteiger partial charge is 0.269 e. The van der Waals surface area contributed by atoms with E-state index in [0.717, 1.165) is 30.6 Å². The van der Waals surface area contributed by atoms with Gasteiger partial charge in [-0.3, -0.25) is 10.1 Å². The molecule has 0 aliphatic carbocycles. The summed E-state index contributed by atoms with van der Waals surface area (Å²) in [5.41, 5.74) is 1.79. The van der Waals surface area contributed by atoms with Gasteiger partial charge in [-0.1, -0.05) is 6.92 Å². The van der Waals surface area contributed by atoms with Gasteiger partial charge in [-0.05, 0) is 18.9 Å². The number of nitrogens with zero attached hydrogens (tertiary/aromatic N) is 1. The van der Waals surface area contributed by atoms with Crippen LogP contribution in [-0.2, 0) is 16.1 Å². The number of benzene rings is 1. The predicted octanol–water partition coefficient (Wildman–Crippen LogP) is 2.97. The Balaban J connectivity index is 2.66. The molecule has 0 aromatic heterocycles. The maximum absolute atomic E-state index is 10.8. The first kappa shape index (κ1) is 16.4. The van der Waals surface area contributed by atoms with Gasteiger partial charge in [0.05, 0.1) is 11.5 Å². The molecule has 0 spiro atoms. The van der Waals surface area contributed by atoms with E-state index in [1.54, 1.807) is 19.2 Å². The average molecular weight is 282 g/mol. The number of ether oxygens (including phenoxy) is 2. The number of non-ortho nitro benzene ring substituents is 1. The average Bonchev–Trinajstić information content (AvgIpc) is 2.45. The van der Waals surface area contributed by atoms with Crippen LogP contribution in [0.1, 0.15) is 25.3 Å². The monoisotopic (exact) mass is 282 g/mol. The summed E-state index contributed by atoms with van der Waals surface area (Å²) >= 11 is 0. The molecule has 6 heteroatoms. The summed E-state index contributed by atoms with van der Waals surface area (Å²) in [5.74, 6) is 0. The van der Waals surface area contributed by atoms with E-state index in [2.05, 4.69) is 12.2 Å². The molecule has 0 atom stereocenters. The summed E-state index contributed by atoms with van der Waals surface area (Å²) in [5, 5.41) is 14.1. The summed E-state index contributed by atoms with van der Waals surface area (Å²) in [6.45, 7) is 4.48. The second-order valence-corrected chi connectivity index (χ2v) is 4.42. The van der Waals surface area contributed by atoms with Crippen molar-refractivity contribution < 1.29 is 14.4 Å². The quantitative estimate of drug-likeness (QED) is 0.406. The molecular weight excluding hydrogens is 260 g/mol. The van der Waals surface area contributed by atoms with Gasteiger partial charge in [0.25, 0.3) is 5.69 Å². The Labute approximate surface area is 119 Å². The lowest BCUT2D eigenvalue weighted by Gasteiger charge is -2.12. The molecule has 0 unspecified atom stereocenters. The Morgan fingerprint density at radius 1 is 1.35 bits per heavy atom. The molecule has 1 rings (SSSR count). The van der Waals surface area contributed by atoms with Gasteiger partial charge in [0, 0.05) is 50.3 Å². The molecule has 0 fully saturated rings. The maximum atomic E-state index is 10.8. The molecular formula is C14H22N2O4. The van der Waals surface area contributed by atoms with Gasteiger partial charge in [-0.15, -0.1) is 0 Å². The van der Waals surface area contributed by atoms with Crippen LogP contribution in [0.15, 0.2) is 18.2 Å². The fraction of sp³-hybridized carbons (Fsp3) is 0.571. The van der Waals surface area contributed by atoms with Gasteiger partial charge >= 0.3 is 0 Å². The van der Waals surface area contributed by atoms with Gasteiger partial charge in [0.2, 0.25) is 0 Å². The summed E-state index contributed by atoms with van der Waals surface area (Å²) in [7, 11) is 1.65. The van der Waals surface area contributed by atoms with E-state index >= 15 is 0 Å². The van der Waals surface area contributed by atoms with Crippen molar-refractivity contribution in [3.8, 4) is 0 Å². The minimum absolute atomic E-state index is 0.0857. The minimum atomic E-state index is -0.391. The highest BCUT2D eigenvalue weighted by molar-refractivity contribution is 5.55.